The maximum Gasteiger partial charge on any atom is 0.257 e. The summed E-state index contributed by atoms with van der Waals surface area (Å²) in [5.74, 6) is 0.649. The summed E-state index contributed by atoms with van der Waals surface area (Å²) < 4.78 is 2.10. The molecule has 5 rings (SSSR count). The van der Waals surface area contributed by atoms with Crippen molar-refractivity contribution >= 4 is 16.8 Å². The molecule has 2 aliphatic rings. The van der Waals surface area contributed by atoms with E-state index in [-0.39, 0.29) is 5.91 Å². The number of aromatic nitrogens is 3. The molecule has 27 heavy (non-hydrogen) atoms. The van der Waals surface area contributed by atoms with E-state index >= 15 is 0 Å². The van der Waals surface area contributed by atoms with Gasteiger partial charge in [0.2, 0.25) is 0 Å². The second-order valence-electron chi connectivity index (χ2n) is 8.02. The molecule has 3 heterocycles. The van der Waals surface area contributed by atoms with E-state index in [2.05, 4.69) is 52.9 Å². The molecule has 1 aromatic carbocycles. The number of para-hydroxylation sites is 1. The fraction of sp³-hybridized carbons (Fsp3) is 0.455. The molecule has 0 bridgehead atoms. The van der Waals surface area contributed by atoms with Gasteiger partial charge < -0.3 is 9.88 Å². The highest BCUT2D eigenvalue weighted by atomic mass is 16.2. The largest absolute Gasteiger partial charge is 0.358 e. The van der Waals surface area contributed by atoms with Crippen LogP contribution in [-0.2, 0) is 13.0 Å². The van der Waals surface area contributed by atoms with Gasteiger partial charge in [0.05, 0.1) is 17.5 Å². The molecule has 1 saturated carbocycles. The third kappa shape index (κ3) is 2.68. The van der Waals surface area contributed by atoms with E-state index in [0.717, 1.165) is 24.9 Å². The van der Waals surface area contributed by atoms with Crippen LogP contribution < -0.4 is 0 Å². The van der Waals surface area contributed by atoms with Gasteiger partial charge in [-0.3, -0.25) is 9.48 Å². The summed E-state index contributed by atoms with van der Waals surface area (Å²) in [6.45, 7) is 5.80. The minimum atomic E-state index is 0.141. The number of nitrogens with zero attached hydrogens (tertiary/aromatic N) is 3. The summed E-state index contributed by atoms with van der Waals surface area (Å²) in [6.07, 6.45) is 6.07. The zero-order valence-corrected chi connectivity index (χ0v) is 16.0. The summed E-state index contributed by atoms with van der Waals surface area (Å²) in [5, 5.41) is 5.85. The van der Waals surface area contributed by atoms with Gasteiger partial charge in [0.25, 0.3) is 5.91 Å². The Morgan fingerprint density at radius 3 is 2.93 bits per heavy atom. The minimum absolute atomic E-state index is 0.141. The number of nitrogens with one attached hydrogen (secondary N) is 1. The van der Waals surface area contributed by atoms with E-state index in [1.807, 2.05) is 11.1 Å². The number of aromatic amines is 1. The van der Waals surface area contributed by atoms with Gasteiger partial charge in [-0.15, -0.1) is 0 Å². The van der Waals surface area contributed by atoms with Crippen LogP contribution in [-0.4, -0.2) is 32.1 Å². The second-order valence-corrected chi connectivity index (χ2v) is 8.02. The number of hydrogen-bond donors (Lipinski definition) is 1. The van der Waals surface area contributed by atoms with Crippen LogP contribution in [0.3, 0.4) is 0 Å². The van der Waals surface area contributed by atoms with Crippen molar-refractivity contribution in [2.45, 2.75) is 58.0 Å². The monoisotopic (exact) mass is 362 g/mol. The first kappa shape index (κ1) is 16.6. The molecule has 5 heteroatoms. The van der Waals surface area contributed by atoms with Crippen molar-refractivity contribution in [3.8, 4) is 0 Å². The quantitative estimate of drug-likeness (QED) is 0.747. The number of amides is 1. The van der Waals surface area contributed by atoms with Crippen molar-refractivity contribution in [2.24, 2.45) is 0 Å². The molecule has 0 saturated heterocycles. The summed E-state index contributed by atoms with van der Waals surface area (Å²) in [4.78, 5) is 18.9. The minimum Gasteiger partial charge on any atom is -0.358 e. The summed E-state index contributed by atoms with van der Waals surface area (Å²) in [6, 6.07) is 8.72. The Labute approximate surface area is 159 Å². The van der Waals surface area contributed by atoms with Crippen LogP contribution in [0.4, 0.5) is 0 Å². The fourth-order valence-electron chi connectivity index (χ4n) is 4.33. The van der Waals surface area contributed by atoms with Gasteiger partial charge >= 0.3 is 0 Å². The van der Waals surface area contributed by atoms with Gasteiger partial charge in [0.1, 0.15) is 0 Å². The third-order valence-corrected chi connectivity index (χ3v) is 6.21. The number of carbonyl (C=O) groups excluding carboxylic acids is 1. The first-order valence-corrected chi connectivity index (χ1v) is 10.1. The molecule has 1 fully saturated rings. The summed E-state index contributed by atoms with van der Waals surface area (Å²) in [5.41, 5.74) is 5.70. The number of carbonyl (C=O) groups is 1. The molecular weight excluding hydrogens is 336 g/mol. The lowest BCUT2D eigenvalue weighted by Gasteiger charge is -2.27. The highest BCUT2D eigenvalue weighted by molar-refractivity contribution is 5.96. The Hall–Kier alpha value is -2.56. The van der Waals surface area contributed by atoms with Crippen LogP contribution in [0.25, 0.3) is 10.9 Å². The van der Waals surface area contributed by atoms with Gasteiger partial charge in [-0.05, 0) is 32.3 Å². The van der Waals surface area contributed by atoms with E-state index in [1.165, 1.54) is 40.7 Å². The lowest BCUT2D eigenvalue weighted by molar-refractivity contribution is 0.0733. The van der Waals surface area contributed by atoms with E-state index in [4.69, 9.17) is 0 Å². The van der Waals surface area contributed by atoms with Crippen LogP contribution in [0.2, 0.25) is 0 Å². The first-order chi connectivity index (χ1) is 13.2. The number of hydrogen-bond acceptors (Lipinski definition) is 2. The fourth-order valence-corrected chi connectivity index (χ4v) is 4.33. The van der Waals surface area contributed by atoms with Crippen molar-refractivity contribution in [3.05, 3.63) is 53.0 Å². The first-order valence-electron chi connectivity index (χ1n) is 10.1. The molecule has 1 amide bonds. The Morgan fingerprint density at radius 2 is 2.15 bits per heavy atom. The van der Waals surface area contributed by atoms with Crippen LogP contribution >= 0.6 is 0 Å². The molecule has 0 unspecified atom stereocenters. The molecule has 1 aliphatic heterocycles. The predicted octanol–water partition coefficient (Wildman–Crippen LogP) is 4.41. The Morgan fingerprint density at radius 1 is 1.33 bits per heavy atom. The third-order valence-electron chi connectivity index (χ3n) is 6.21. The van der Waals surface area contributed by atoms with Gasteiger partial charge in [0.15, 0.2) is 0 Å². The molecule has 1 atom stereocenters. The zero-order chi connectivity index (χ0) is 18.5. The van der Waals surface area contributed by atoms with Crippen molar-refractivity contribution in [3.63, 3.8) is 0 Å². The second kappa shape index (κ2) is 6.25. The Balaban J connectivity index is 1.48. The molecule has 1 N–H and O–H groups in total. The van der Waals surface area contributed by atoms with Crippen molar-refractivity contribution in [1.29, 1.82) is 0 Å². The maximum absolute atomic E-state index is 13.4. The molecule has 1 aliphatic carbocycles. The number of rotatable bonds is 4. The van der Waals surface area contributed by atoms with Crippen molar-refractivity contribution in [1.82, 2.24) is 19.7 Å². The Kier molecular flexibility index (Phi) is 3.85. The van der Waals surface area contributed by atoms with E-state index < -0.39 is 0 Å². The number of benzene rings is 1. The highest BCUT2D eigenvalue weighted by Gasteiger charge is 2.35. The van der Waals surface area contributed by atoms with Gasteiger partial charge in [0, 0.05) is 53.6 Å². The number of H-pyrrole nitrogens is 1. The smallest absolute Gasteiger partial charge is 0.257 e. The van der Waals surface area contributed by atoms with Gasteiger partial charge in [-0.25, -0.2) is 0 Å². The van der Waals surface area contributed by atoms with Gasteiger partial charge in [-0.1, -0.05) is 25.1 Å². The standard InChI is InChI=1S/C22H26N4O/c1-3-14(2)26-21(15-8-9-15)17(12-23-26)22(27)25-11-10-20-18(13-25)16-6-4-5-7-19(16)24-20/h4-7,12,14-15,24H,3,8-11,13H2,1-2H3/t14-/m0/s1. The number of fused-ring (bicyclic) bond motifs is 3. The average molecular weight is 362 g/mol. The zero-order valence-electron chi connectivity index (χ0n) is 16.0. The van der Waals surface area contributed by atoms with E-state index in [9.17, 15) is 4.79 Å². The molecule has 2 aromatic heterocycles. The maximum atomic E-state index is 13.4. The topological polar surface area (TPSA) is 53.9 Å². The predicted molar refractivity (Wildman–Crippen MR) is 106 cm³/mol. The molecule has 0 spiro atoms. The molecule has 5 nitrogen and oxygen atoms in total. The van der Waals surface area contributed by atoms with Crippen LogP contribution in [0.15, 0.2) is 30.5 Å². The Bertz CT molecular complexity index is 1010. The lowest BCUT2D eigenvalue weighted by atomic mass is 10.0. The molecule has 0 radical (unpaired) electrons. The SMILES string of the molecule is CC[C@H](C)n1ncc(C(=O)N2CCc3[nH]c4ccccc4c3C2)c1C1CC1. The summed E-state index contributed by atoms with van der Waals surface area (Å²) in [7, 11) is 0. The van der Waals surface area contributed by atoms with Crippen LogP contribution in [0, 0.1) is 0 Å². The summed E-state index contributed by atoms with van der Waals surface area (Å²) >= 11 is 0. The molecule has 140 valence electrons. The van der Waals surface area contributed by atoms with E-state index in [1.54, 1.807) is 0 Å². The highest BCUT2D eigenvalue weighted by Crippen LogP contribution is 2.43. The van der Waals surface area contributed by atoms with Gasteiger partial charge in [-0.2, -0.15) is 5.10 Å². The molecule has 3 aromatic rings. The van der Waals surface area contributed by atoms with E-state index in [0.29, 0.717) is 18.5 Å². The molecular formula is C22H26N4O. The van der Waals surface area contributed by atoms with Crippen molar-refractivity contribution < 1.29 is 4.79 Å². The average Bonchev–Trinajstić information content (AvgIpc) is 3.33. The van der Waals surface area contributed by atoms with Crippen molar-refractivity contribution in [2.75, 3.05) is 6.54 Å². The lowest BCUT2D eigenvalue weighted by Crippen LogP contribution is -2.36. The van der Waals surface area contributed by atoms with Crippen LogP contribution in [0.5, 0.6) is 0 Å². The van der Waals surface area contributed by atoms with Crippen LogP contribution in [0.1, 0.15) is 72.4 Å². The normalized spacial score (nSPS) is 17.9.